The lowest BCUT2D eigenvalue weighted by Crippen LogP contribution is -2.30. The molecule has 1 heterocycles. The molecule has 1 atom stereocenters. The first kappa shape index (κ1) is 14.1. The molecule has 2 rings (SSSR count). The second-order valence-electron chi connectivity index (χ2n) is 4.80. The second kappa shape index (κ2) is 6.21. The summed E-state index contributed by atoms with van der Waals surface area (Å²) in [5, 5.41) is 9.41. The van der Waals surface area contributed by atoms with Crippen LogP contribution in [-0.2, 0) is 6.54 Å². The maximum Gasteiger partial charge on any atom is 0.321 e. The summed E-state index contributed by atoms with van der Waals surface area (Å²) in [4.78, 5) is 13.6. The SMILES string of the molecule is CC(N)c1ccc(NC(=O)N(C)Cc2cn[nH]c2)cc1. The van der Waals surface area contributed by atoms with Crippen molar-refractivity contribution in [1.82, 2.24) is 15.1 Å². The fourth-order valence-corrected chi connectivity index (χ4v) is 1.80. The van der Waals surface area contributed by atoms with Crippen LogP contribution < -0.4 is 11.1 Å². The van der Waals surface area contributed by atoms with Crippen LogP contribution in [0.2, 0.25) is 0 Å². The molecule has 0 saturated carbocycles. The van der Waals surface area contributed by atoms with Crippen LogP contribution in [0, 0.1) is 0 Å². The van der Waals surface area contributed by atoms with Crippen LogP contribution in [0.1, 0.15) is 24.1 Å². The summed E-state index contributed by atoms with van der Waals surface area (Å²) in [5.41, 5.74) is 8.52. The highest BCUT2D eigenvalue weighted by Crippen LogP contribution is 2.14. The predicted molar refractivity (Wildman–Crippen MR) is 78.1 cm³/mol. The van der Waals surface area contributed by atoms with E-state index in [0.717, 1.165) is 16.8 Å². The Bertz CT molecular complexity index is 547. The van der Waals surface area contributed by atoms with Gasteiger partial charge in [0.1, 0.15) is 0 Å². The van der Waals surface area contributed by atoms with Gasteiger partial charge in [-0.15, -0.1) is 0 Å². The molecule has 2 amide bonds. The van der Waals surface area contributed by atoms with Crippen molar-refractivity contribution in [3.8, 4) is 0 Å². The van der Waals surface area contributed by atoms with E-state index in [4.69, 9.17) is 5.73 Å². The molecule has 20 heavy (non-hydrogen) atoms. The maximum atomic E-state index is 12.0. The van der Waals surface area contributed by atoms with E-state index in [-0.39, 0.29) is 12.1 Å². The fraction of sp³-hybridized carbons (Fsp3) is 0.286. The Hall–Kier alpha value is -2.34. The van der Waals surface area contributed by atoms with Gasteiger partial charge in [0.2, 0.25) is 0 Å². The van der Waals surface area contributed by atoms with E-state index in [1.165, 1.54) is 0 Å². The number of rotatable bonds is 4. The molecule has 0 aliphatic carbocycles. The molecule has 0 saturated heterocycles. The van der Waals surface area contributed by atoms with Gasteiger partial charge < -0.3 is 16.0 Å². The van der Waals surface area contributed by atoms with Gasteiger partial charge in [0.05, 0.1) is 12.7 Å². The molecular formula is C14H19N5O. The van der Waals surface area contributed by atoms with Gasteiger partial charge >= 0.3 is 6.03 Å². The van der Waals surface area contributed by atoms with Gasteiger partial charge in [0, 0.05) is 30.5 Å². The predicted octanol–water partition coefficient (Wildman–Crippen LogP) is 2.09. The largest absolute Gasteiger partial charge is 0.324 e. The van der Waals surface area contributed by atoms with Gasteiger partial charge in [-0.25, -0.2) is 4.79 Å². The minimum absolute atomic E-state index is 0.0106. The third-order valence-electron chi connectivity index (χ3n) is 3.01. The first-order valence-corrected chi connectivity index (χ1v) is 6.41. The number of urea groups is 1. The first-order valence-electron chi connectivity index (χ1n) is 6.41. The minimum Gasteiger partial charge on any atom is -0.324 e. The number of amides is 2. The number of nitrogens with one attached hydrogen (secondary N) is 2. The molecule has 0 aliphatic heterocycles. The smallest absolute Gasteiger partial charge is 0.321 e. The second-order valence-corrected chi connectivity index (χ2v) is 4.80. The van der Waals surface area contributed by atoms with E-state index in [1.807, 2.05) is 31.2 Å². The number of H-pyrrole nitrogens is 1. The summed E-state index contributed by atoms with van der Waals surface area (Å²) in [5.74, 6) is 0. The third kappa shape index (κ3) is 3.58. The highest BCUT2D eigenvalue weighted by atomic mass is 16.2. The Labute approximate surface area is 118 Å². The molecule has 2 aromatic rings. The normalized spacial score (nSPS) is 11.9. The van der Waals surface area contributed by atoms with Crippen molar-refractivity contribution in [3.05, 3.63) is 47.8 Å². The van der Waals surface area contributed by atoms with Gasteiger partial charge in [-0.05, 0) is 24.6 Å². The average Bonchev–Trinajstić information content (AvgIpc) is 2.92. The Morgan fingerprint density at radius 1 is 1.45 bits per heavy atom. The van der Waals surface area contributed by atoms with Crippen LogP contribution in [0.25, 0.3) is 0 Å². The van der Waals surface area contributed by atoms with E-state index in [0.29, 0.717) is 6.54 Å². The third-order valence-corrected chi connectivity index (χ3v) is 3.01. The summed E-state index contributed by atoms with van der Waals surface area (Å²) >= 11 is 0. The number of aromatic amines is 1. The molecule has 0 fully saturated rings. The number of anilines is 1. The van der Waals surface area contributed by atoms with Crippen molar-refractivity contribution in [1.29, 1.82) is 0 Å². The van der Waals surface area contributed by atoms with Gasteiger partial charge in [0.15, 0.2) is 0 Å². The van der Waals surface area contributed by atoms with Crippen molar-refractivity contribution in [2.75, 3.05) is 12.4 Å². The topological polar surface area (TPSA) is 87.0 Å². The Morgan fingerprint density at radius 3 is 2.70 bits per heavy atom. The lowest BCUT2D eigenvalue weighted by molar-refractivity contribution is 0.220. The van der Waals surface area contributed by atoms with Crippen LogP contribution in [0.5, 0.6) is 0 Å². The van der Waals surface area contributed by atoms with Crippen LogP contribution in [0.15, 0.2) is 36.7 Å². The number of aromatic nitrogens is 2. The van der Waals surface area contributed by atoms with Crippen molar-refractivity contribution in [2.45, 2.75) is 19.5 Å². The number of nitrogens with two attached hydrogens (primary N) is 1. The highest BCUT2D eigenvalue weighted by Gasteiger charge is 2.10. The summed E-state index contributed by atoms with van der Waals surface area (Å²) < 4.78 is 0. The van der Waals surface area contributed by atoms with E-state index in [1.54, 1.807) is 24.3 Å². The van der Waals surface area contributed by atoms with Crippen molar-refractivity contribution < 1.29 is 4.79 Å². The zero-order valence-corrected chi connectivity index (χ0v) is 11.6. The van der Waals surface area contributed by atoms with Crippen LogP contribution in [-0.4, -0.2) is 28.2 Å². The Balaban J connectivity index is 1.93. The molecule has 1 aromatic carbocycles. The quantitative estimate of drug-likeness (QED) is 0.797. The van der Waals surface area contributed by atoms with E-state index in [2.05, 4.69) is 15.5 Å². The number of nitrogens with zero attached hydrogens (tertiary/aromatic N) is 2. The van der Waals surface area contributed by atoms with E-state index >= 15 is 0 Å². The molecule has 0 radical (unpaired) electrons. The maximum absolute atomic E-state index is 12.0. The Morgan fingerprint density at radius 2 is 2.15 bits per heavy atom. The van der Waals surface area contributed by atoms with E-state index < -0.39 is 0 Å². The molecule has 0 spiro atoms. The minimum atomic E-state index is -0.167. The van der Waals surface area contributed by atoms with Crippen LogP contribution >= 0.6 is 0 Å². The number of carbonyl (C=O) groups excluding carboxylic acids is 1. The molecule has 6 heteroatoms. The zero-order valence-electron chi connectivity index (χ0n) is 11.6. The number of hydrogen-bond donors (Lipinski definition) is 3. The monoisotopic (exact) mass is 273 g/mol. The van der Waals surface area contributed by atoms with E-state index in [9.17, 15) is 4.79 Å². The Kier molecular flexibility index (Phi) is 4.37. The highest BCUT2D eigenvalue weighted by molar-refractivity contribution is 5.89. The van der Waals surface area contributed by atoms with Crippen LogP contribution in [0.4, 0.5) is 10.5 Å². The summed E-state index contributed by atoms with van der Waals surface area (Å²) in [7, 11) is 1.73. The molecule has 0 aliphatic rings. The molecule has 6 nitrogen and oxygen atoms in total. The number of benzene rings is 1. The molecule has 106 valence electrons. The average molecular weight is 273 g/mol. The van der Waals surface area contributed by atoms with Crippen molar-refractivity contribution >= 4 is 11.7 Å². The van der Waals surface area contributed by atoms with Crippen LogP contribution in [0.3, 0.4) is 0 Å². The molecular weight excluding hydrogens is 254 g/mol. The summed E-state index contributed by atoms with van der Waals surface area (Å²) in [6.45, 7) is 2.42. The lowest BCUT2D eigenvalue weighted by atomic mass is 10.1. The molecule has 4 N–H and O–H groups in total. The van der Waals surface area contributed by atoms with Gasteiger partial charge in [-0.1, -0.05) is 12.1 Å². The fourth-order valence-electron chi connectivity index (χ4n) is 1.80. The summed E-state index contributed by atoms with van der Waals surface area (Å²) in [6, 6.07) is 7.35. The molecule has 1 unspecified atom stereocenters. The van der Waals surface area contributed by atoms with Gasteiger partial charge in [-0.2, -0.15) is 5.10 Å². The van der Waals surface area contributed by atoms with Crippen molar-refractivity contribution in [3.63, 3.8) is 0 Å². The standard InChI is InChI=1S/C14H19N5O/c1-10(15)12-3-5-13(6-4-12)18-14(20)19(2)9-11-7-16-17-8-11/h3-8,10H,9,15H2,1-2H3,(H,16,17)(H,18,20). The number of carbonyl (C=O) groups is 1. The van der Waals surface area contributed by atoms with Gasteiger partial charge in [0.25, 0.3) is 0 Å². The zero-order chi connectivity index (χ0) is 14.5. The lowest BCUT2D eigenvalue weighted by Gasteiger charge is -2.17. The molecule has 0 bridgehead atoms. The van der Waals surface area contributed by atoms with Crippen molar-refractivity contribution in [2.24, 2.45) is 5.73 Å². The number of hydrogen-bond acceptors (Lipinski definition) is 3. The summed E-state index contributed by atoms with van der Waals surface area (Å²) in [6.07, 6.45) is 3.46. The van der Waals surface area contributed by atoms with Gasteiger partial charge in [-0.3, -0.25) is 5.10 Å². The first-order chi connectivity index (χ1) is 9.56. The molecule has 1 aromatic heterocycles.